The molecule has 0 aliphatic rings. The number of rotatable bonds is 2. The number of halogens is 1. The summed E-state index contributed by atoms with van der Waals surface area (Å²) in [7, 11) is 1.72. The second-order valence-electron chi connectivity index (χ2n) is 3.18. The van der Waals surface area contributed by atoms with Crippen LogP contribution in [0.3, 0.4) is 0 Å². The summed E-state index contributed by atoms with van der Waals surface area (Å²) in [5.74, 6) is -0.420. The molecule has 0 spiro atoms. The number of hydrogen-bond acceptors (Lipinski definition) is 3. The molecule has 2 aromatic rings. The van der Waals surface area contributed by atoms with Crippen molar-refractivity contribution in [2.45, 2.75) is 6.10 Å². The maximum absolute atomic E-state index is 12.6. The van der Waals surface area contributed by atoms with Crippen LogP contribution in [0.5, 0.6) is 0 Å². The summed E-state index contributed by atoms with van der Waals surface area (Å²) in [4.78, 5) is 3.81. The van der Waals surface area contributed by atoms with E-state index in [-0.39, 0.29) is 0 Å². The molecule has 0 aromatic carbocycles. The van der Waals surface area contributed by atoms with E-state index in [1.165, 1.54) is 12.1 Å². The Morgan fingerprint density at radius 2 is 2.20 bits per heavy atom. The number of pyridine rings is 1. The van der Waals surface area contributed by atoms with Gasteiger partial charge in [-0.25, -0.2) is 4.39 Å². The number of aromatic nitrogens is 3. The predicted octanol–water partition coefficient (Wildman–Crippen LogP) is 1.04. The van der Waals surface area contributed by atoms with Gasteiger partial charge in [0.05, 0.1) is 17.6 Å². The molecule has 15 heavy (non-hydrogen) atoms. The highest BCUT2D eigenvalue weighted by molar-refractivity contribution is 5.18. The van der Waals surface area contributed by atoms with Gasteiger partial charge in [0.25, 0.3) is 0 Å². The van der Waals surface area contributed by atoms with Gasteiger partial charge in [0, 0.05) is 13.2 Å². The monoisotopic (exact) mass is 207 g/mol. The molecule has 0 aliphatic heterocycles. The van der Waals surface area contributed by atoms with Crippen molar-refractivity contribution in [2.24, 2.45) is 7.05 Å². The topological polar surface area (TPSA) is 50.9 Å². The molecule has 0 bridgehead atoms. The fraction of sp³-hybridized carbons (Fsp3) is 0.200. The Bertz CT molecular complexity index is 452. The van der Waals surface area contributed by atoms with E-state index in [1.807, 2.05) is 0 Å². The van der Waals surface area contributed by atoms with E-state index in [4.69, 9.17) is 0 Å². The molecular weight excluding hydrogens is 197 g/mol. The minimum atomic E-state index is -0.877. The number of aliphatic hydroxyl groups excluding tert-OH is 1. The Labute approximate surface area is 86.0 Å². The third-order valence-corrected chi connectivity index (χ3v) is 2.17. The lowest BCUT2D eigenvalue weighted by atomic mass is 10.1. The zero-order valence-corrected chi connectivity index (χ0v) is 8.13. The number of aliphatic hydroxyl groups is 1. The van der Waals surface area contributed by atoms with Crippen LogP contribution >= 0.6 is 0 Å². The van der Waals surface area contributed by atoms with E-state index < -0.39 is 11.9 Å². The SMILES string of the molecule is Cn1nccc1C(O)c1ccc(F)cn1. The van der Waals surface area contributed by atoms with E-state index in [2.05, 4.69) is 10.1 Å². The predicted molar refractivity (Wildman–Crippen MR) is 51.5 cm³/mol. The second kappa shape index (κ2) is 3.78. The summed E-state index contributed by atoms with van der Waals surface area (Å²) < 4.78 is 14.2. The van der Waals surface area contributed by atoms with Gasteiger partial charge in [0.1, 0.15) is 11.9 Å². The van der Waals surface area contributed by atoms with Crippen LogP contribution in [-0.4, -0.2) is 19.9 Å². The molecule has 0 radical (unpaired) electrons. The van der Waals surface area contributed by atoms with Gasteiger partial charge in [-0.1, -0.05) is 0 Å². The van der Waals surface area contributed by atoms with E-state index >= 15 is 0 Å². The summed E-state index contributed by atoms with van der Waals surface area (Å²) >= 11 is 0. The number of aryl methyl sites for hydroxylation is 1. The highest BCUT2D eigenvalue weighted by Crippen LogP contribution is 2.18. The molecule has 0 fully saturated rings. The van der Waals surface area contributed by atoms with Crippen LogP contribution in [0, 0.1) is 5.82 Å². The second-order valence-corrected chi connectivity index (χ2v) is 3.18. The lowest BCUT2D eigenvalue weighted by molar-refractivity contribution is 0.204. The zero-order chi connectivity index (χ0) is 10.8. The van der Waals surface area contributed by atoms with Crippen molar-refractivity contribution in [1.29, 1.82) is 0 Å². The van der Waals surface area contributed by atoms with Crippen molar-refractivity contribution in [1.82, 2.24) is 14.8 Å². The molecule has 0 saturated heterocycles. The van der Waals surface area contributed by atoms with E-state index in [1.54, 1.807) is 24.0 Å². The lowest BCUT2D eigenvalue weighted by Crippen LogP contribution is -2.08. The Morgan fingerprint density at radius 1 is 1.40 bits per heavy atom. The summed E-state index contributed by atoms with van der Waals surface area (Å²) in [6.45, 7) is 0. The maximum atomic E-state index is 12.6. The summed E-state index contributed by atoms with van der Waals surface area (Å²) in [5.41, 5.74) is 1.02. The first-order valence-corrected chi connectivity index (χ1v) is 4.46. The highest BCUT2D eigenvalue weighted by atomic mass is 19.1. The van der Waals surface area contributed by atoms with Crippen LogP contribution in [0.4, 0.5) is 4.39 Å². The Morgan fingerprint density at radius 3 is 2.73 bits per heavy atom. The van der Waals surface area contributed by atoms with Crippen LogP contribution in [0.25, 0.3) is 0 Å². The van der Waals surface area contributed by atoms with Crippen LogP contribution in [0.15, 0.2) is 30.6 Å². The minimum absolute atomic E-state index is 0.403. The molecule has 1 atom stereocenters. The van der Waals surface area contributed by atoms with Gasteiger partial charge in [-0.3, -0.25) is 9.67 Å². The number of hydrogen-bond donors (Lipinski definition) is 1. The third-order valence-electron chi connectivity index (χ3n) is 2.17. The summed E-state index contributed by atoms with van der Waals surface area (Å²) in [6.07, 6.45) is 1.79. The van der Waals surface area contributed by atoms with E-state index in [0.717, 1.165) is 6.20 Å². The molecule has 0 saturated carbocycles. The fourth-order valence-corrected chi connectivity index (χ4v) is 1.35. The molecule has 4 nitrogen and oxygen atoms in total. The molecule has 5 heteroatoms. The van der Waals surface area contributed by atoms with Gasteiger partial charge < -0.3 is 5.11 Å². The molecule has 1 N–H and O–H groups in total. The largest absolute Gasteiger partial charge is 0.380 e. The standard InChI is InChI=1S/C10H10FN3O/c1-14-9(4-5-13-14)10(15)8-3-2-7(11)6-12-8/h2-6,10,15H,1H3. The molecule has 0 amide bonds. The Kier molecular flexibility index (Phi) is 2.47. The van der Waals surface area contributed by atoms with Gasteiger partial charge in [-0.15, -0.1) is 0 Å². The fourth-order valence-electron chi connectivity index (χ4n) is 1.35. The Hall–Kier alpha value is -1.75. The van der Waals surface area contributed by atoms with Crippen molar-refractivity contribution in [3.05, 3.63) is 47.8 Å². The summed E-state index contributed by atoms with van der Waals surface area (Å²) in [5, 5.41) is 13.8. The molecule has 0 aliphatic carbocycles. The van der Waals surface area contributed by atoms with E-state index in [0.29, 0.717) is 11.4 Å². The Balaban J connectivity index is 2.32. The van der Waals surface area contributed by atoms with Crippen molar-refractivity contribution in [2.75, 3.05) is 0 Å². The van der Waals surface area contributed by atoms with Gasteiger partial charge in [-0.2, -0.15) is 5.10 Å². The van der Waals surface area contributed by atoms with Crippen molar-refractivity contribution in [3.63, 3.8) is 0 Å². The van der Waals surface area contributed by atoms with Crippen LogP contribution < -0.4 is 0 Å². The molecule has 1 unspecified atom stereocenters. The summed E-state index contributed by atoms with van der Waals surface area (Å²) in [6, 6.07) is 4.41. The average molecular weight is 207 g/mol. The molecular formula is C10H10FN3O. The first-order chi connectivity index (χ1) is 7.18. The van der Waals surface area contributed by atoms with E-state index in [9.17, 15) is 9.50 Å². The molecule has 2 aromatic heterocycles. The zero-order valence-electron chi connectivity index (χ0n) is 8.13. The first kappa shape index (κ1) is 9.79. The van der Waals surface area contributed by atoms with Gasteiger partial charge in [0.2, 0.25) is 0 Å². The van der Waals surface area contributed by atoms with Crippen LogP contribution in [0.2, 0.25) is 0 Å². The molecule has 2 rings (SSSR count). The van der Waals surface area contributed by atoms with Crippen molar-refractivity contribution >= 4 is 0 Å². The van der Waals surface area contributed by atoms with Crippen molar-refractivity contribution < 1.29 is 9.50 Å². The first-order valence-electron chi connectivity index (χ1n) is 4.46. The quantitative estimate of drug-likeness (QED) is 0.800. The van der Waals surface area contributed by atoms with Gasteiger partial charge >= 0.3 is 0 Å². The van der Waals surface area contributed by atoms with Crippen molar-refractivity contribution in [3.8, 4) is 0 Å². The van der Waals surface area contributed by atoms with Crippen LogP contribution in [-0.2, 0) is 7.05 Å². The van der Waals surface area contributed by atoms with Crippen LogP contribution in [0.1, 0.15) is 17.5 Å². The number of nitrogens with zero attached hydrogens (tertiary/aromatic N) is 3. The average Bonchev–Trinajstić information content (AvgIpc) is 2.65. The molecule has 78 valence electrons. The van der Waals surface area contributed by atoms with Gasteiger partial charge in [0.15, 0.2) is 0 Å². The molecule has 2 heterocycles. The third kappa shape index (κ3) is 1.87. The lowest BCUT2D eigenvalue weighted by Gasteiger charge is -2.09. The highest BCUT2D eigenvalue weighted by Gasteiger charge is 2.14. The maximum Gasteiger partial charge on any atom is 0.141 e. The smallest absolute Gasteiger partial charge is 0.141 e. The van der Waals surface area contributed by atoms with Gasteiger partial charge in [-0.05, 0) is 18.2 Å². The minimum Gasteiger partial charge on any atom is -0.380 e. The normalized spacial score (nSPS) is 12.7.